The third-order valence-corrected chi connectivity index (χ3v) is 17.4. The summed E-state index contributed by atoms with van der Waals surface area (Å²) in [7, 11) is -2.28. The second-order valence-electron chi connectivity index (χ2n) is 15.4. The van der Waals surface area contributed by atoms with Gasteiger partial charge in [0.05, 0.1) is 0 Å². The zero-order valence-electron chi connectivity index (χ0n) is 35.0. The zero-order valence-corrected chi connectivity index (χ0v) is 41.3. The molecule has 2 aliphatic rings. The van der Waals surface area contributed by atoms with Gasteiger partial charge >= 0.3 is 44.8 Å². The van der Waals surface area contributed by atoms with Gasteiger partial charge in [-0.15, -0.1) is 35.4 Å². The molecule has 0 aliphatic heterocycles. The van der Waals surface area contributed by atoms with Crippen LogP contribution in [0.3, 0.4) is 0 Å². The summed E-state index contributed by atoms with van der Waals surface area (Å²) in [5.74, 6) is 4.87. The smallest absolute Gasteiger partial charge is 0.366 e. The second kappa shape index (κ2) is 22.4. The Labute approximate surface area is 412 Å². The van der Waals surface area contributed by atoms with Crippen LogP contribution in [-0.4, -0.2) is 0 Å². The van der Waals surface area contributed by atoms with Crippen molar-refractivity contribution in [3.63, 3.8) is 0 Å². The molecule has 0 saturated heterocycles. The number of rotatable bonds is 6. The Morgan fingerprint density at radius 3 is 0.906 bits per heavy atom. The quantitative estimate of drug-likeness (QED) is 0.0674. The maximum absolute atomic E-state index is 7.12. The first-order valence-electron chi connectivity index (χ1n) is 21.0. The van der Waals surface area contributed by atoms with Crippen molar-refractivity contribution >= 4 is 47.7 Å². The van der Waals surface area contributed by atoms with E-state index in [4.69, 9.17) is 12.8 Å². The maximum atomic E-state index is 7.12. The van der Waals surface area contributed by atoms with Crippen molar-refractivity contribution < 1.29 is 44.8 Å². The van der Waals surface area contributed by atoms with Crippen LogP contribution in [0, 0.1) is 24.7 Å². The molecule has 0 bridgehead atoms. The second-order valence-corrected chi connectivity index (χ2v) is 20.3. The molecule has 0 heterocycles. The molecule has 314 valence electrons. The van der Waals surface area contributed by atoms with Gasteiger partial charge in [-0.2, -0.15) is 0 Å². The van der Waals surface area contributed by atoms with Gasteiger partial charge in [-0.05, 0) is 107 Å². The van der Waals surface area contributed by atoms with Crippen molar-refractivity contribution in [2.75, 3.05) is 0 Å². The Bertz CT molecular complexity index is 2760. The molecule has 64 heavy (non-hydrogen) atoms. The number of hydrogen-bond acceptors (Lipinski definition) is 0. The van der Waals surface area contributed by atoms with Crippen LogP contribution < -0.4 is 31.8 Å². The Morgan fingerprint density at radius 2 is 0.578 bits per heavy atom. The maximum Gasteiger partial charge on any atom is 1.00 e. The Hall–Kier alpha value is -5.56. The predicted molar refractivity (Wildman–Crippen MR) is 268 cm³/mol. The molecule has 9 aromatic carbocycles. The summed E-state index contributed by atoms with van der Waals surface area (Å²) in [5, 5.41) is 8.71. The van der Waals surface area contributed by atoms with Crippen molar-refractivity contribution in [1.82, 2.24) is 0 Å². The van der Waals surface area contributed by atoms with Crippen LogP contribution >= 0.6 is 15.8 Å². The molecule has 0 radical (unpaired) electrons. The Balaban J connectivity index is 0.000000159. The molecule has 2 aliphatic carbocycles. The minimum atomic E-state index is -1.14. The van der Waals surface area contributed by atoms with E-state index in [1.807, 2.05) is 12.1 Å². The third-order valence-electron chi connectivity index (χ3n) is 11.6. The number of fused-ring (bicyclic) bond motifs is 6. The summed E-state index contributed by atoms with van der Waals surface area (Å²) in [6.45, 7) is 0. The first-order valence-corrected chi connectivity index (χ1v) is 24.0. The molecular weight excluding hydrogens is 1180 g/mol. The molecule has 4 heteroatoms. The van der Waals surface area contributed by atoms with Crippen molar-refractivity contribution in [3.8, 4) is 34.1 Å². The van der Waals surface area contributed by atoms with Crippen LogP contribution in [0.5, 0.6) is 0 Å². The van der Waals surface area contributed by atoms with Gasteiger partial charge in [0.2, 0.25) is 0 Å². The summed E-state index contributed by atoms with van der Waals surface area (Å²) in [6.07, 6.45) is 16.2. The van der Waals surface area contributed by atoms with E-state index in [0.29, 0.717) is 0 Å². The van der Waals surface area contributed by atoms with Crippen LogP contribution in [-0.2, 0) is 57.6 Å². The Morgan fingerprint density at radius 1 is 0.297 bits per heavy atom. The summed E-state index contributed by atoms with van der Waals surface area (Å²) >= 11 is 0. The molecule has 11 rings (SSSR count). The van der Waals surface area contributed by atoms with Crippen LogP contribution in [0.15, 0.2) is 231 Å². The normalized spacial score (nSPS) is 11.0. The molecule has 0 nitrogen and oxygen atoms in total. The fourth-order valence-corrected chi connectivity index (χ4v) is 14.7. The molecule has 0 atom stereocenters. The fraction of sp³-hybridized carbons (Fsp3) is 0.0333. The molecule has 0 fully saturated rings. The largest absolute Gasteiger partial charge is 1.00 e. The third kappa shape index (κ3) is 10.4. The molecule has 0 spiro atoms. The van der Waals surface area contributed by atoms with Crippen molar-refractivity contribution in [1.29, 1.82) is 0 Å². The molecule has 9 aromatic rings. The SMILES string of the molecule is [Au+].[Au+].[C-]#Cc1ccc2c(c1)Cc1ccccc1-2.[C-]#Cc1ccc2c(c1)Cc1ccccc1-2.c1ccc([PH+](c2ccccc2)c2ccccc2[PH+](c2ccccc2)c2ccccc2)cc1. The summed E-state index contributed by atoms with van der Waals surface area (Å²) in [4.78, 5) is 0. The van der Waals surface area contributed by atoms with E-state index >= 15 is 0 Å². The van der Waals surface area contributed by atoms with Crippen LogP contribution in [0.1, 0.15) is 33.4 Å². The van der Waals surface area contributed by atoms with Crippen LogP contribution in [0.2, 0.25) is 0 Å². The molecule has 0 aromatic heterocycles. The number of benzene rings is 9. The minimum Gasteiger partial charge on any atom is -0.366 e. The molecule has 0 N–H and O–H groups in total. The summed E-state index contributed by atoms with van der Waals surface area (Å²) < 4.78 is 0. The van der Waals surface area contributed by atoms with Crippen LogP contribution in [0.25, 0.3) is 22.3 Å². The first kappa shape index (κ1) is 46.4. The standard InChI is InChI=1S/C30H24P2.2C15H9.2Au/c1-5-15-25(16-6-1)31(26-17-7-2-8-18-26)29-23-13-14-24-30(29)32(27-19-9-3-10-20-27)28-21-11-4-12-22-28;2*1-2-11-7-8-15-13(9-11)10-12-5-3-4-6-14(12)15;;/h1-24H;2*3-9H,10H2;;/q;2*-1;2*+1/p+2. The van der Waals surface area contributed by atoms with Gasteiger partial charge in [-0.3, -0.25) is 11.8 Å². The van der Waals surface area contributed by atoms with Crippen molar-refractivity contribution in [3.05, 3.63) is 277 Å². The predicted octanol–water partition coefficient (Wildman–Crippen LogP) is 11.1. The van der Waals surface area contributed by atoms with Gasteiger partial charge in [0.15, 0.2) is 0 Å². The van der Waals surface area contributed by atoms with E-state index in [0.717, 1.165) is 24.0 Å². The molecule has 0 unspecified atom stereocenters. The molecule has 0 amide bonds. The van der Waals surface area contributed by atoms with Gasteiger partial charge in [-0.25, -0.2) is 0 Å². The molecular formula is C60H44Au2P2+2. The Kier molecular flexibility index (Phi) is 16.2. The minimum absolute atomic E-state index is 0. The van der Waals surface area contributed by atoms with E-state index in [9.17, 15) is 0 Å². The average molecular weight is 1220 g/mol. The number of hydrogen-bond donors (Lipinski definition) is 0. The average Bonchev–Trinajstić information content (AvgIpc) is 3.91. The van der Waals surface area contributed by atoms with E-state index in [1.165, 1.54) is 76.3 Å². The van der Waals surface area contributed by atoms with Crippen LogP contribution in [0.4, 0.5) is 0 Å². The van der Waals surface area contributed by atoms with Gasteiger partial charge < -0.3 is 12.8 Å². The fourth-order valence-electron chi connectivity index (χ4n) is 8.74. The van der Waals surface area contributed by atoms with E-state index in [2.05, 4.69) is 230 Å². The van der Waals surface area contributed by atoms with Crippen molar-refractivity contribution in [2.24, 2.45) is 0 Å². The van der Waals surface area contributed by atoms with E-state index in [1.54, 1.807) is 0 Å². The first-order chi connectivity index (χ1) is 30.7. The van der Waals surface area contributed by atoms with Gasteiger partial charge in [-0.1, -0.05) is 157 Å². The van der Waals surface area contributed by atoms with Gasteiger partial charge in [0.1, 0.15) is 47.7 Å². The van der Waals surface area contributed by atoms with Crippen molar-refractivity contribution in [2.45, 2.75) is 12.8 Å². The summed E-state index contributed by atoms with van der Waals surface area (Å²) in [6, 6.07) is 82.6. The molecule has 0 saturated carbocycles. The monoisotopic (exact) mass is 1220 g/mol. The zero-order chi connectivity index (χ0) is 42.1. The van der Waals surface area contributed by atoms with E-state index in [-0.39, 0.29) is 44.8 Å². The topological polar surface area (TPSA) is 0 Å². The summed E-state index contributed by atoms with van der Waals surface area (Å²) in [5.41, 5.74) is 12.4. The van der Waals surface area contributed by atoms with Gasteiger partial charge in [0.25, 0.3) is 0 Å². The van der Waals surface area contributed by atoms with Gasteiger partial charge in [0, 0.05) is 0 Å². The van der Waals surface area contributed by atoms with E-state index < -0.39 is 15.8 Å².